The van der Waals surface area contributed by atoms with Gasteiger partial charge in [0.15, 0.2) is 0 Å². The minimum Gasteiger partial charge on any atom is -0.478 e. The van der Waals surface area contributed by atoms with Gasteiger partial charge in [-0.05, 0) is 19.1 Å². The lowest BCUT2D eigenvalue weighted by Crippen LogP contribution is -2.11. The lowest BCUT2D eigenvalue weighted by atomic mass is 10.2. The number of carboxylic acids is 1. The number of anilines is 1. The third-order valence-corrected chi connectivity index (χ3v) is 3.26. The molecule has 1 rings (SSSR count). The van der Waals surface area contributed by atoms with Crippen molar-refractivity contribution in [3.63, 3.8) is 0 Å². The van der Waals surface area contributed by atoms with Crippen LogP contribution in [0.15, 0.2) is 6.20 Å². The van der Waals surface area contributed by atoms with Crippen LogP contribution in [0.2, 0.25) is 0 Å². The number of thioether (sulfide) groups is 1. The standard InChI is InChI=1S/C11H17N3O3S/c1-8-9(10(16)17)7-13-11(14-8)12-3-6-18-5-2-4-15/h7,15H,2-6H2,1H3,(H,16,17)(H,12,13,14). The fraction of sp³-hybridized carbons (Fsp3) is 0.545. The first-order chi connectivity index (χ1) is 8.65. The third-order valence-electron chi connectivity index (χ3n) is 2.19. The van der Waals surface area contributed by atoms with Crippen molar-refractivity contribution in [3.05, 3.63) is 17.5 Å². The maximum absolute atomic E-state index is 10.8. The highest BCUT2D eigenvalue weighted by atomic mass is 32.2. The highest BCUT2D eigenvalue weighted by Crippen LogP contribution is 2.07. The van der Waals surface area contributed by atoms with Crippen LogP contribution in [0.1, 0.15) is 22.5 Å². The number of nitrogens with one attached hydrogen (secondary N) is 1. The van der Waals surface area contributed by atoms with Crippen molar-refractivity contribution in [3.8, 4) is 0 Å². The number of aliphatic hydroxyl groups is 1. The molecule has 1 aromatic rings. The molecule has 0 saturated carbocycles. The number of hydrogen-bond donors (Lipinski definition) is 3. The minimum atomic E-state index is -1.02. The molecule has 0 atom stereocenters. The summed E-state index contributed by atoms with van der Waals surface area (Å²) in [5, 5.41) is 20.5. The highest BCUT2D eigenvalue weighted by Gasteiger charge is 2.09. The van der Waals surface area contributed by atoms with Gasteiger partial charge in [-0.2, -0.15) is 11.8 Å². The van der Waals surface area contributed by atoms with E-state index >= 15 is 0 Å². The summed E-state index contributed by atoms with van der Waals surface area (Å²) < 4.78 is 0. The molecule has 0 spiro atoms. The molecule has 0 unspecified atom stereocenters. The van der Waals surface area contributed by atoms with Crippen LogP contribution < -0.4 is 5.32 Å². The number of nitrogens with zero attached hydrogens (tertiary/aromatic N) is 2. The molecule has 0 aliphatic carbocycles. The summed E-state index contributed by atoms with van der Waals surface area (Å²) in [7, 11) is 0. The van der Waals surface area contributed by atoms with Crippen LogP contribution in [-0.4, -0.2) is 50.8 Å². The second-order valence-corrected chi connectivity index (χ2v) is 4.84. The Labute approximate surface area is 110 Å². The Morgan fingerprint density at radius 2 is 2.28 bits per heavy atom. The van der Waals surface area contributed by atoms with E-state index in [0.717, 1.165) is 17.9 Å². The zero-order valence-electron chi connectivity index (χ0n) is 10.2. The van der Waals surface area contributed by atoms with Crippen molar-refractivity contribution in [2.45, 2.75) is 13.3 Å². The first-order valence-electron chi connectivity index (χ1n) is 5.64. The first kappa shape index (κ1) is 14.7. The Bertz CT molecular complexity index is 401. The summed E-state index contributed by atoms with van der Waals surface area (Å²) in [5.74, 6) is 1.25. The highest BCUT2D eigenvalue weighted by molar-refractivity contribution is 7.99. The van der Waals surface area contributed by atoms with E-state index in [1.807, 2.05) is 0 Å². The number of rotatable bonds is 8. The quantitative estimate of drug-likeness (QED) is 0.607. The van der Waals surface area contributed by atoms with Crippen LogP contribution in [0, 0.1) is 6.92 Å². The number of aromatic nitrogens is 2. The molecule has 0 aromatic carbocycles. The molecule has 0 aliphatic rings. The molecule has 0 bridgehead atoms. The van der Waals surface area contributed by atoms with Crippen molar-refractivity contribution in [2.24, 2.45) is 0 Å². The fourth-order valence-corrected chi connectivity index (χ4v) is 2.05. The van der Waals surface area contributed by atoms with E-state index in [1.54, 1.807) is 18.7 Å². The molecule has 18 heavy (non-hydrogen) atoms. The van der Waals surface area contributed by atoms with Crippen LogP contribution in [0.25, 0.3) is 0 Å². The van der Waals surface area contributed by atoms with Crippen molar-refractivity contribution < 1.29 is 15.0 Å². The van der Waals surface area contributed by atoms with Crippen LogP contribution in [0.5, 0.6) is 0 Å². The number of aromatic carboxylic acids is 1. The predicted octanol–water partition coefficient (Wildman–Crippen LogP) is 1.01. The molecule has 0 aliphatic heterocycles. The molecule has 1 aromatic heterocycles. The van der Waals surface area contributed by atoms with Crippen molar-refractivity contribution >= 4 is 23.7 Å². The predicted molar refractivity (Wildman–Crippen MR) is 71.2 cm³/mol. The van der Waals surface area contributed by atoms with E-state index in [-0.39, 0.29) is 12.2 Å². The molecular weight excluding hydrogens is 254 g/mol. The second kappa shape index (κ2) is 7.88. The summed E-state index contributed by atoms with van der Waals surface area (Å²) in [6.07, 6.45) is 2.11. The zero-order valence-corrected chi connectivity index (χ0v) is 11.0. The normalized spacial score (nSPS) is 10.3. The Morgan fingerprint density at radius 1 is 1.50 bits per heavy atom. The number of aryl methyl sites for hydroxylation is 1. The Kier molecular flexibility index (Phi) is 6.45. The Morgan fingerprint density at radius 3 is 2.89 bits per heavy atom. The Hall–Kier alpha value is -1.34. The summed E-state index contributed by atoms with van der Waals surface area (Å²) in [6, 6.07) is 0. The smallest absolute Gasteiger partial charge is 0.339 e. The van der Waals surface area contributed by atoms with Gasteiger partial charge in [-0.1, -0.05) is 0 Å². The van der Waals surface area contributed by atoms with Crippen molar-refractivity contribution in [1.82, 2.24) is 9.97 Å². The molecule has 6 nitrogen and oxygen atoms in total. The molecule has 1 heterocycles. The lowest BCUT2D eigenvalue weighted by Gasteiger charge is -2.06. The molecule has 0 fully saturated rings. The molecule has 0 radical (unpaired) electrons. The van der Waals surface area contributed by atoms with E-state index in [4.69, 9.17) is 10.2 Å². The summed E-state index contributed by atoms with van der Waals surface area (Å²) in [4.78, 5) is 18.8. The van der Waals surface area contributed by atoms with Gasteiger partial charge in [-0.3, -0.25) is 0 Å². The van der Waals surface area contributed by atoms with Gasteiger partial charge in [0.1, 0.15) is 0 Å². The van der Waals surface area contributed by atoms with Gasteiger partial charge in [0.25, 0.3) is 0 Å². The molecule has 100 valence electrons. The summed E-state index contributed by atoms with van der Waals surface area (Å²) >= 11 is 1.74. The molecule has 0 amide bonds. The van der Waals surface area contributed by atoms with Crippen molar-refractivity contribution in [1.29, 1.82) is 0 Å². The summed E-state index contributed by atoms with van der Waals surface area (Å²) in [5.41, 5.74) is 0.575. The number of aliphatic hydroxyl groups excluding tert-OH is 1. The zero-order chi connectivity index (χ0) is 13.4. The number of hydrogen-bond acceptors (Lipinski definition) is 6. The Balaban J connectivity index is 2.35. The monoisotopic (exact) mass is 271 g/mol. The van der Waals surface area contributed by atoms with Crippen LogP contribution >= 0.6 is 11.8 Å². The van der Waals surface area contributed by atoms with Gasteiger partial charge in [0.2, 0.25) is 5.95 Å². The van der Waals surface area contributed by atoms with Crippen molar-refractivity contribution in [2.75, 3.05) is 30.0 Å². The second-order valence-electron chi connectivity index (χ2n) is 3.61. The summed E-state index contributed by atoms with van der Waals surface area (Å²) in [6.45, 7) is 2.58. The number of carboxylic acid groups (broad SMARTS) is 1. The fourth-order valence-electron chi connectivity index (χ4n) is 1.27. The van der Waals surface area contributed by atoms with E-state index in [2.05, 4.69) is 15.3 Å². The SMILES string of the molecule is Cc1nc(NCCSCCCO)ncc1C(=O)O. The van der Waals surface area contributed by atoms with E-state index in [9.17, 15) is 4.79 Å². The third kappa shape index (κ3) is 4.89. The van der Waals surface area contributed by atoms with Crippen LogP contribution in [0.3, 0.4) is 0 Å². The van der Waals surface area contributed by atoms with Gasteiger partial charge in [0, 0.05) is 25.1 Å². The molecule has 7 heteroatoms. The maximum atomic E-state index is 10.8. The largest absolute Gasteiger partial charge is 0.478 e. The maximum Gasteiger partial charge on any atom is 0.339 e. The van der Waals surface area contributed by atoms with E-state index in [0.29, 0.717) is 18.2 Å². The molecular formula is C11H17N3O3S. The van der Waals surface area contributed by atoms with E-state index < -0.39 is 5.97 Å². The lowest BCUT2D eigenvalue weighted by molar-refractivity contribution is 0.0695. The minimum absolute atomic E-state index is 0.123. The van der Waals surface area contributed by atoms with Crippen LogP contribution in [-0.2, 0) is 0 Å². The van der Waals surface area contributed by atoms with Gasteiger partial charge in [-0.15, -0.1) is 0 Å². The van der Waals surface area contributed by atoms with Gasteiger partial charge in [0.05, 0.1) is 11.3 Å². The topological polar surface area (TPSA) is 95.3 Å². The first-order valence-corrected chi connectivity index (χ1v) is 6.80. The average Bonchev–Trinajstić information content (AvgIpc) is 2.33. The van der Waals surface area contributed by atoms with Crippen LogP contribution in [0.4, 0.5) is 5.95 Å². The van der Waals surface area contributed by atoms with Gasteiger partial charge in [-0.25, -0.2) is 14.8 Å². The number of carbonyl (C=O) groups is 1. The average molecular weight is 271 g/mol. The van der Waals surface area contributed by atoms with E-state index in [1.165, 1.54) is 6.20 Å². The molecule has 0 saturated heterocycles. The molecule has 3 N–H and O–H groups in total. The van der Waals surface area contributed by atoms with Gasteiger partial charge >= 0.3 is 5.97 Å². The van der Waals surface area contributed by atoms with Gasteiger partial charge < -0.3 is 15.5 Å².